The summed E-state index contributed by atoms with van der Waals surface area (Å²) in [5.41, 5.74) is 0. The van der Waals surface area contributed by atoms with Crippen molar-refractivity contribution < 1.29 is 9.53 Å². The molecule has 5 heteroatoms. The standard InChI is InChI=1S/C11H20N2O2.ClH/c14-11(6-9-3-4-12-7-9)13-10-2-1-5-15-8-10;/h9-10,12H,1-8H2,(H,13,14);1H. The molecule has 4 nitrogen and oxygen atoms in total. The van der Waals surface area contributed by atoms with Crippen molar-refractivity contribution in [2.24, 2.45) is 5.92 Å². The first-order valence-corrected chi connectivity index (χ1v) is 5.92. The number of carbonyl (C=O) groups excluding carboxylic acids is 1. The molecule has 0 aliphatic carbocycles. The third kappa shape index (κ3) is 4.28. The van der Waals surface area contributed by atoms with Crippen LogP contribution in [0, 0.1) is 5.92 Å². The van der Waals surface area contributed by atoms with E-state index in [1.54, 1.807) is 0 Å². The molecular formula is C11H21ClN2O2. The van der Waals surface area contributed by atoms with Crippen molar-refractivity contribution in [3.8, 4) is 0 Å². The highest BCUT2D eigenvalue weighted by atomic mass is 35.5. The summed E-state index contributed by atoms with van der Waals surface area (Å²) in [6.07, 6.45) is 3.93. The van der Waals surface area contributed by atoms with E-state index >= 15 is 0 Å². The van der Waals surface area contributed by atoms with Crippen LogP contribution in [0.15, 0.2) is 0 Å². The van der Waals surface area contributed by atoms with Crippen molar-refractivity contribution in [3.05, 3.63) is 0 Å². The zero-order chi connectivity index (χ0) is 10.5. The monoisotopic (exact) mass is 248 g/mol. The predicted molar refractivity (Wildman–Crippen MR) is 64.8 cm³/mol. The van der Waals surface area contributed by atoms with Crippen molar-refractivity contribution in [1.82, 2.24) is 10.6 Å². The van der Waals surface area contributed by atoms with Crippen LogP contribution in [-0.4, -0.2) is 38.3 Å². The number of halogens is 1. The maximum absolute atomic E-state index is 11.7. The Morgan fingerprint density at radius 2 is 2.31 bits per heavy atom. The summed E-state index contributed by atoms with van der Waals surface area (Å²) in [7, 11) is 0. The van der Waals surface area contributed by atoms with Crippen molar-refractivity contribution in [3.63, 3.8) is 0 Å². The van der Waals surface area contributed by atoms with Crippen molar-refractivity contribution in [2.45, 2.75) is 31.7 Å². The quantitative estimate of drug-likeness (QED) is 0.773. The van der Waals surface area contributed by atoms with Crippen LogP contribution in [0.5, 0.6) is 0 Å². The lowest BCUT2D eigenvalue weighted by molar-refractivity contribution is -0.123. The Morgan fingerprint density at radius 3 is 2.94 bits per heavy atom. The van der Waals surface area contributed by atoms with Gasteiger partial charge in [0.1, 0.15) is 0 Å². The molecule has 0 radical (unpaired) electrons. The van der Waals surface area contributed by atoms with Crippen LogP contribution in [-0.2, 0) is 9.53 Å². The molecule has 0 bridgehead atoms. The van der Waals surface area contributed by atoms with Gasteiger partial charge in [0.05, 0.1) is 12.6 Å². The molecule has 0 saturated carbocycles. The van der Waals surface area contributed by atoms with Gasteiger partial charge in [-0.1, -0.05) is 0 Å². The highest BCUT2D eigenvalue weighted by Gasteiger charge is 2.21. The van der Waals surface area contributed by atoms with E-state index in [1.807, 2.05) is 0 Å². The summed E-state index contributed by atoms with van der Waals surface area (Å²) in [5.74, 6) is 0.730. The molecule has 2 heterocycles. The summed E-state index contributed by atoms with van der Waals surface area (Å²) in [6, 6.07) is 0.251. The number of nitrogens with one attached hydrogen (secondary N) is 2. The van der Waals surface area contributed by atoms with Gasteiger partial charge in [-0.3, -0.25) is 4.79 Å². The Labute approximate surface area is 103 Å². The van der Waals surface area contributed by atoms with Crippen LogP contribution in [0.2, 0.25) is 0 Å². The van der Waals surface area contributed by atoms with E-state index < -0.39 is 0 Å². The number of carbonyl (C=O) groups is 1. The second-order valence-corrected chi connectivity index (χ2v) is 4.54. The lowest BCUT2D eigenvalue weighted by atomic mass is 10.0. The van der Waals surface area contributed by atoms with E-state index in [9.17, 15) is 4.79 Å². The maximum atomic E-state index is 11.7. The highest BCUT2D eigenvalue weighted by Crippen LogP contribution is 2.12. The van der Waals surface area contributed by atoms with Crippen LogP contribution < -0.4 is 10.6 Å². The average molecular weight is 249 g/mol. The molecule has 2 aliphatic heterocycles. The van der Waals surface area contributed by atoms with Crippen LogP contribution >= 0.6 is 12.4 Å². The number of rotatable bonds is 3. The number of amides is 1. The smallest absolute Gasteiger partial charge is 0.220 e. The SMILES string of the molecule is Cl.O=C(CC1CCNC1)NC1CCCOC1. The minimum Gasteiger partial charge on any atom is -0.379 e. The van der Waals surface area contributed by atoms with Gasteiger partial charge in [-0.15, -0.1) is 12.4 Å². The summed E-state index contributed by atoms with van der Waals surface area (Å²) in [6.45, 7) is 3.59. The summed E-state index contributed by atoms with van der Waals surface area (Å²) >= 11 is 0. The Balaban J connectivity index is 0.00000128. The second-order valence-electron chi connectivity index (χ2n) is 4.54. The summed E-state index contributed by atoms with van der Waals surface area (Å²) in [5, 5.41) is 6.33. The minimum atomic E-state index is 0. The molecule has 2 fully saturated rings. The third-order valence-corrected chi connectivity index (χ3v) is 3.16. The van der Waals surface area contributed by atoms with E-state index in [1.165, 1.54) is 0 Å². The molecule has 0 aromatic heterocycles. The van der Waals surface area contributed by atoms with Crippen LogP contribution in [0.3, 0.4) is 0 Å². The number of ether oxygens (including phenoxy) is 1. The molecular weight excluding hydrogens is 228 g/mol. The molecule has 1 amide bonds. The molecule has 2 unspecified atom stereocenters. The normalized spacial score (nSPS) is 29.5. The Kier molecular flexibility index (Phi) is 6.09. The summed E-state index contributed by atoms with van der Waals surface area (Å²) in [4.78, 5) is 11.7. The number of hydrogen-bond acceptors (Lipinski definition) is 3. The molecule has 2 saturated heterocycles. The average Bonchev–Trinajstić information content (AvgIpc) is 2.71. The second kappa shape index (κ2) is 7.09. The van der Waals surface area contributed by atoms with E-state index in [-0.39, 0.29) is 24.4 Å². The molecule has 0 spiro atoms. The van der Waals surface area contributed by atoms with E-state index in [4.69, 9.17) is 4.74 Å². The molecule has 2 rings (SSSR count). The van der Waals surface area contributed by atoms with Gasteiger partial charge in [-0.2, -0.15) is 0 Å². The van der Waals surface area contributed by atoms with Gasteiger partial charge in [-0.05, 0) is 38.3 Å². The highest BCUT2D eigenvalue weighted by molar-refractivity contribution is 5.85. The van der Waals surface area contributed by atoms with Crippen molar-refractivity contribution >= 4 is 18.3 Å². The fourth-order valence-corrected chi connectivity index (χ4v) is 2.29. The van der Waals surface area contributed by atoms with Gasteiger partial charge in [-0.25, -0.2) is 0 Å². The molecule has 0 aromatic rings. The minimum absolute atomic E-state index is 0. The lowest BCUT2D eigenvalue weighted by Crippen LogP contribution is -2.41. The van der Waals surface area contributed by atoms with E-state index in [0.717, 1.165) is 39.0 Å². The van der Waals surface area contributed by atoms with E-state index in [2.05, 4.69) is 10.6 Å². The zero-order valence-electron chi connectivity index (χ0n) is 9.54. The Hall–Kier alpha value is -0.320. The summed E-state index contributed by atoms with van der Waals surface area (Å²) < 4.78 is 5.33. The predicted octanol–water partition coefficient (Wildman–Crippen LogP) is 0.703. The Bertz CT molecular complexity index is 214. The fraction of sp³-hybridized carbons (Fsp3) is 0.909. The first kappa shape index (κ1) is 13.7. The van der Waals surface area contributed by atoms with Gasteiger partial charge in [0, 0.05) is 13.0 Å². The van der Waals surface area contributed by atoms with Crippen LogP contribution in [0.1, 0.15) is 25.7 Å². The van der Waals surface area contributed by atoms with Gasteiger partial charge >= 0.3 is 0 Å². The molecule has 94 valence electrons. The van der Waals surface area contributed by atoms with Gasteiger partial charge in [0.2, 0.25) is 5.91 Å². The first-order valence-electron chi connectivity index (χ1n) is 5.92. The first-order chi connectivity index (χ1) is 7.34. The van der Waals surface area contributed by atoms with Crippen LogP contribution in [0.4, 0.5) is 0 Å². The van der Waals surface area contributed by atoms with Crippen LogP contribution in [0.25, 0.3) is 0 Å². The number of hydrogen-bond donors (Lipinski definition) is 2. The van der Waals surface area contributed by atoms with Crippen molar-refractivity contribution in [2.75, 3.05) is 26.3 Å². The molecule has 16 heavy (non-hydrogen) atoms. The molecule has 2 aliphatic rings. The largest absolute Gasteiger partial charge is 0.379 e. The Morgan fingerprint density at radius 1 is 1.44 bits per heavy atom. The molecule has 2 N–H and O–H groups in total. The zero-order valence-corrected chi connectivity index (χ0v) is 10.4. The molecule has 2 atom stereocenters. The maximum Gasteiger partial charge on any atom is 0.220 e. The lowest BCUT2D eigenvalue weighted by Gasteiger charge is -2.23. The third-order valence-electron chi connectivity index (χ3n) is 3.16. The topological polar surface area (TPSA) is 50.4 Å². The van der Waals surface area contributed by atoms with Crippen molar-refractivity contribution in [1.29, 1.82) is 0 Å². The van der Waals surface area contributed by atoms with E-state index in [0.29, 0.717) is 18.9 Å². The van der Waals surface area contributed by atoms with Gasteiger partial charge < -0.3 is 15.4 Å². The fourth-order valence-electron chi connectivity index (χ4n) is 2.29. The van der Waals surface area contributed by atoms with Gasteiger partial charge in [0.15, 0.2) is 0 Å². The van der Waals surface area contributed by atoms with Gasteiger partial charge in [0.25, 0.3) is 0 Å². The molecule has 0 aromatic carbocycles.